The molecule has 8 heteroatoms. The molecule has 1 saturated heterocycles. The molecule has 2 aliphatic rings. The van der Waals surface area contributed by atoms with E-state index in [1.165, 1.54) is 0 Å². The molecule has 1 aromatic heterocycles. The largest absolute Gasteiger partial charge is 0.444 e. The Labute approximate surface area is 168 Å². The molecule has 27 heavy (non-hydrogen) atoms. The molecule has 1 saturated carbocycles. The summed E-state index contributed by atoms with van der Waals surface area (Å²) in [6, 6.07) is 2.43. The van der Waals surface area contributed by atoms with Crippen LogP contribution in [0.1, 0.15) is 33.6 Å². The van der Waals surface area contributed by atoms with E-state index in [2.05, 4.69) is 30.7 Å². The highest BCUT2D eigenvalue weighted by atomic mass is 79.9. The third kappa shape index (κ3) is 5.24. The zero-order valence-electron chi connectivity index (χ0n) is 16.3. The Morgan fingerprint density at radius 2 is 2.00 bits per heavy atom. The maximum absolute atomic E-state index is 13.1. The summed E-state index contributed by atoms with van der Waals surface area (Å²) in [5.41, 5.74) is 0.474. The van der Waals surface area contributed by atoms with Gasteiger partial charge in [0.15, 0.2) is 5.82 Å². The van der Waals surface area contributed by atoms with Crippen LogP contribution in [0.25, 0.3) is 0 Å². The summed E-state index contributed by atoms with van der Waals surface area (Å²) in [5, 5.41) is 0. The average molecular weight is 443 g/mol. The van der Waals surface area contributed by atoms with Gasteiger partial charge in [0.2, 0.25) is 0 Å². The fourth-order valence-electron chi connectivity index (χ4n) is 3.28. The second-order valence-electron chi connectivity index (χ2n) is 8.06. The minimum atomic E-state index is -0.494. The van der Waals surface area contributed by atoms with E-state index in [-0.39, 0.29) is 12.8 Å². The van der Waals surface area contributed by atoms with Crippen molar-refractivity contribution < 1.29 is 13.9 Å². The van der Waals surface area contributed by atoms with Crippen LogP contribution in [-0.2, 0) is 4.74 Å². The molecule has 150 valence electrons. The van der Waals surface area contributed by atoms with Gasteiger partial charge in [-0.2, -0.15) is 0 Å². The molecule has 1 amide bonds. The first-order chi connectivity index (χ1) is 12.8. The molecule has 6 nitrogen and oxygen atoms in total. The number of rotatable bonds is 5. The Balaban J connectivity index is 1.72. The van der Waals surface area contributed by atoms with Crippen molar-refractivity contribution in [3.8, 4) is 0 Å². The lowest BCUT2D eigenvalue weighted by Gasteiger charge is -2.38. The van der Waals surface area contributed by atoms with E-state index in [0.717, 1.165) is 28.8 Å². The van der Waals surface area contributed by atoms with Crippen LogP contribution in [0.2, 0.25) is 0 Å². The number of ether oxygens (including phenoxy) is 1. The Kier molecular flexibility index (Phi) is 6.13. The number of halogens is 2. The van der Waals surface area contributed by atoms with Crippen LogP contribution in [0.4, 0.5) is 20.7 Å². The number of nitrogens with zero attached hydrogens (tertiary/aromatic N) is 4. The summed E-state index contributed by atoms with van der Waals surface area (Å²) in [6.45, 7) is 8.13. The molecular formula is C19H28BrFN4O2. The van der Waals surface area contributed by atoms with E-state index < -0.39 is 5.60 Å². The molecule has 0 spiro atoms. The lowest BCUT2D eigenvalue weighted by atomic mass is 10.2. The normalized spacial score (nSPS) is 17.8. The summed E-state index contributed by atoms with van der Waals surface area (Å²) in [7, 11) is 0. The van der Waals surface area contributed by atoms with Crippen molar-refractivity contribution in [2.45, 2.75) is 45.3 Å². The second-order valence-corrected chi connectivity index (χ2v) is 8.98. The molecule has 2 heterocycles. The van der Waals surface area contributed by atoms with E-state index in [0.29, 0.717) is 38.8 Å². The molecular weight excluding hydrogens is 415 g/mol. The molecule has 1 aromatic rings. The number of alkyl halides is 1. The molecule has 0 aromatic carbocycles. The Bertz CT molecular complexity index is 670. The first kappa shape index (κ1) is 20.2. The molecule has 0 atom stereocenters. The van der Waals surface area contributed by atoms with Crippen LogP contribution in [0.3, 0.4) is 0 Å². The van der Waals surface area contributed by atoms with Crippen LogP contribution in [-0.4, -0.2) is 67.0 Å². The summed E-state index contributed by atoms with van der Waals surface area (Å²) < 4.78 is 19.5. The van der Waals surface area contributed by atoms with E-state index in [9.17, 15) is 9.18 Å². The topological polar surface area (TPSA) is 48.9 Å². The fourth-order valence-corrected chi connectivity index (χ4v) is 3.60. The van der Waals surface area contributed by atoms with Gasteiger partial charge < -0.3 is 19.4 Å². The lowest BCUT2D eigenvalue weighted by Crippen LogP contribution is -2.50. The van der Waals surface area contributed by atoms with Crippen molar-refractivity contribution in [2.24, 2.45) is 0 Å². The molecule has 1 aliphatic heterocycles. The number of carbonyl (C=O) groups is 1. The first-order valence-corrected chi connectivity index (χ1v) is 10.3. The zero-order valence-corrected chi connectivity index (χ0v) is 17.8. The van der Waals surface area contributed by atoms with Gasteiger partial charge >= 0.3 is 6.09 Å². The van der Waals surface area contributed by atoms with Crippen molar-refractivity contribution >= 4 is 33.5 Å². The number of hydrogen-bond donors (Lipinski definition) is 0. The van der Waals surface area contributed by atoms with Gasteiger partial charge in [-0.3, -0.25) is 0 Å². The third-order valence-corrected chi connectivity index (χ3v) is 5.10. The molecule has 0 N–H and O–H groups in total. The number of carbonyl (C=O) groups excluding carboxylic acids is 1. The quantitative estimate of drug-likeness (QED) is 0.692. The number of hydrogen-bond acceptors (Lipinski definition) is 5. The van der Waals surface area contributed by atoms with Crippen LogP contribution in [0, 0.1) is 0 Å². The predicted octanol–water partition coefficient (Wildman–Crippen LogP) is 3.84. The van der Waals surface area contributed by atoms with Crippen LogP contribution >= 0.6 is 15.9 Å². The van der Waals surface area contributed by atoms with Crippen molar-refractivity contribution in [2.75, 3.05) is 49.2 Å². The van der Waals surface area contributed by atoms with E-state index in [4.69, 9.17) is 4.74 Å². The molecule has 0 bridgehead atoms. The average Bonchev–Trinajstić information content (AvgIpc) is 3.43. The lowest BCUT2D eigenvalue weighted by molar-refractivity contribution is 0.0240. The molecule has 1 aliphatic carbocycles. The Hall–Kier alpha value is -1.57. The Morgan fingerprint density at radius 1 is 1.33 bits per heavy atom. The number of pyridine rings is 1. The first-order valence-electron chi connectivity index (χ1n) is 9.49. The van der Waals surface area contributed by atoms with Gasteiger partial charge in [0.1, 0.15) is 12.3 Å². The van der Waals surface area contributed by atoms with E-state index >= 15 is 0 Å². The van der Waals surface area contributed by atoms with Crippen LogP contribution in [0.5, 0.6) is 0 Å². The van der Waals surface area contributed by atoms with Gasteiger partial charge in [-0.25, -0.2) is 14.2 Å². The highest BCUT2D eigenvalue weighted by Crippen LogP contribution is 2.38. The van der Waals surface area contributed by atoms with Gasteiger partial charge in [-0.1, -0.05) is 0 Å². The zero-order chi connectivity index (χ0) is 19.6. The van der Waals surface area contributed by atoms with Crippen molar-refractivity contribution in [3.05, 3.63) is 16.7 Å². The summed E-state index contributed by atoms with van der Waals surface area (Å²) in [4.78, 5) is 22.9. The number of aromatic nitrogens is 1. The third-order valence-electron chi connectivity index (χ3n) is 4.67. The Morgan fingerprint density at radius 3 is 2.56 bits per heavy atom. The van der Waals surface area contributed by atoms with Crippen molar-refractivity contribution in [1.29, 1.82) is 0 Å². The number of piperazine rings is 1. The highest BCUT2D eigenvalue weighted by molar-refractivity contribution is 9.10. The standard InChI is InChI=1S/C19H28BrFN4O2/c1-19(2,3)27-18(26)24-10-8-23(9-11-24)17-16(12-14(20)13-22-17)25(7-6-21)15-4-5-15/h12-13,15H,4-11H2,1-3H3. The summed E-state index contributed by atoms with van der Waals surface area (Å²) in [5.74, 6) is 0.863. The van der Waals surface area contributed by atoms with Gasteiger partial charge in [-0.15, -0.1) is 0 Å². The summed E-state index contributed by atoms with van der Waals surface area (Å²) >= 11 is 3.49. The number of anilines is 2. The maximum atomic E-state index is 13.1. The molecule has 0 unspecified atom stereocenters. The van der Waals surface area contributed by atoms with Crippen LogP contribution < -0.4 is 9.80 Å². The van der Waals surface area contributed by atoms with E-state index in [1.807, 2.05) is 26.8 Å². The minimum Gasteiger partial charge on any atom is -0.444 e. The predicted molar refractivity (Wildman–Crippen MR) is 108 cm³/mol. The van der Waals surface area contributed by atoms with Gasteiger partial charge in [0.25, 0.3) is 0 Å². The molecule has 2 fully saturated rings. The van der Waals surface area contributed by atoms with Crippen molar-refractivity contribution in [3.63, 3.8) is 0 Å². The minimum absolute atomic E-state index is 0.275. The highest BCUT2D eigenvalue weighted by Gasteiger charge is 2.33. The smallest absolute Gasteiger partial charge is 0.410 e. The monoisotopic (exact) mass is 442 g/mol. The van der Waals surface area contributed by atoms with Crippen LogP contribution in [0.15, 0.2) is 16.7 Å². The van der Waals surface area contributed by atoms with Gasteiger partial charge in [0.05, 0.1) is 5.69 Å². The van der Waals surface area contributed by atoms with Gasteiger partial charge in [-0.05, 0) is 55.6 Å². The second kappa shape index (κ2) is 8.20. The summed E-state index contributed by atoms with van der Waals surface area (Å²) in [6.07, 6.45) is 3.69. The van der Waals surface area contributed by atoms with Crippen molar-refractivity contribution in [1.82, 2.24) is 9.88 Å². The molecule has 3 rings (SSSR count). The SMILES string of the molecule is CC(C)(C)OC(=O)N1CCN(c2ncc(Br)cc2N(CCF)C2CC2)CC1. The molecule has 0 radical (unpaired) electrons. The maximum Gasteiger partial charge on any atom is 0.410 e. The number of amides is 1. The van der Waals surface area contributed by atoms with Gasteiger partial charge in [0, 0.05) is 49.4 Å². The fraction of sp³-hybridized carbons (Fsp3) is 0.684. The van der Waals surface area contributed by atoms with E-state index in [1.54, 1.807) is 11.1 Å².